The molecule has 4 aromatic rings. The van der Waals surface area contributed by atoms with Crippen LogP contribution in [-0.2, 0) is 66.4 Å². The molecule has 2 aliphatic carbocycles. The summed E-state index contributed by atoms with van der Waals surface area (Å²) in [4.78, 5) is 52.8. The average molecular weight is 1450 g/mol. The third-order valence-electron chi connectivity index (χ3n) is 20.1. The van der Waals surface area contributed by atoms with Crippen molar-refractivity contribution in [2.75, 3.05) is 94.8 Å². The summed E-state index contributed by atoms with van der Waals surface area (Å²) in [7, 11) is 5.60. The Morgan fingerprint density at radius 2 is 0.951 bits per heavy atom. The van der Waals surface area contributed by atoms with Crippen LogP contribution in [0, 0.1) is 23.7 Å². The van der Waals surface area contributed by atoms with Gasteiger partial charge in [-0.1, -0.05) is 0 Å². The molecule has 0 radical (unpaired) electrons. The Labute approximate surface area is 588 Å². The van der Waals surface area contributed by atoms with E-state index in [0.717, 1.165) is 0 Å². The number of esters is 2. The molecule has 2 amide bonds. The minimum absolute atomic E-state index is 0.00226. The van der Waals surface area contributed by atoms with Crippen LogP contribution >= 0.6 is 0 Å². The number of methoxy groups -OCH3 is 4. The van der Waals surface area contributed by atoms with Gasteiger partial charge in [0, 0.05) is 36.8 Å². The Morgan fingerprint density at radius 1 is 0.544 bits per heavy atom. The number of aliphatic hydroxyl groups is 6. The number of carbonyl (C=O) groups excluding carboxylic acids is 4. The lowest BCUT2D eigenvalue weighted by molar-refractivity contribution is -0.364. The molecule has 0 aromatic heterocycles. The predicted molar refractivity (Wildman–Crippen MR) is 339 cm³/mol. The highest BCUT2D eigenvalue weighted by Gasteiger charge is 2.59. The molecule has 11 aliphatic rings. The number of nitrogens with one attached hydrogen (secondary N) is 2. The second kappa shape index (κ2) is 29.6. The zero-order valence-corrected chi connectivity index (χ0v) is 57.2. The number of carbonyl (C=O) groups is 4. The van der Waals surface area contributed by atoms with Gasteiger partial charge >= 0.3 is 24.1 Å². The van der Waals surface area contributed by atoms with Crippen molar-refractivity contribution in [3.05, 3.63) is 81.9 Å². The maximum atomic E-state index is 13.7. The van der Waals surface area contributed by atoms with Crippen LogP contribution in [0.1, 0.15) is 85.1 Å². The summed E-state index contributed by atoms with van der Waals surface area (Å²) >= 11 is 0. The minimum Gasteiger partial charge on any atom is -0.493 e. The summed E-state index contributed by atoms with van der Waals surface area (Å²) in [5.74, 6) is -3.48. The van der Waals surface area contributed by atoms with Crippen LogP contribution in [0.2, 0.25) is 0 Å². The van der Waals surface area contributed by atoms with E-state index < -0.39 is 164 Å². The molecular formula is C69H82N2O32. The molecule has 9 aliphatic heterocycles. The summed E-state index contributed by atoms with van der Waals surface area (Å²) < 4.78 is 127. The van der Waals surface area contributed by atoms with E-state index in [4.69, 9.17) is 109 Å². The monoisotopic (exact) mass is 1450 g/mol. The second-order valence-electron chi connectivity index (χ2n) is 26.8. The van der Waals surface area contributed by atoms with Gasteiger partial charge in [-0.2, -0.15) is 0 Å². The molecule has 0 bridgehead atoms. The predicted octanol–water partition coefficient (Wildman–Crippen LogP) is 1.95. The maximum Gasteiger partial charge on any atom is 0.412 e. The van der Waals surface area contributed by atoms with Crippen molar-refractivity contribution in [1.29, 1.82) is 0 Å². The van der Waals surface area contributed by atoms with Crippen LogP contribution in [0.4, 0.5) is 9.59 Å². The van der Waals surface area contributed by atoms with E-state index in [0.29, 0.717) is 63.0 Å². The van der Waals surface area contributed by atoms with E-state index in [9.17, 15) is 44.7 Å². The number of amides is 2. The summed E-state index contributed by atoms with van der Waals surface area (Å²) in [5, 5.41) is 68.1. The Morgan fingerprint density at radius 3 is 1.34 bits per heavy atom. The molecular weight excluding hydrogens is 1370 g/mol. The molecule has 9 heterocycles. The van der Waals surface area contributed by atoms with Gasteiger partial charge in [-0.15, -0.1) is 0 Å². The van der Waals surface area contributed by atoms with Gasteiger partial charge in [0.05, 0.1) is 98.2 Å². The minimum atomic E-state index is -1.49. The number of fused-ring (bicyclic) bond motifs is 8. The molecule has 8 N–H and O–H groups in total. The quantitative estimate of drug-likeness (QED) is 0.0700. The third-order valence-corrected chi connectivity index (χ3v) is 20.1. The largest absolute Gasteiger partial charge is 0.493 e. The molecule has 0 saturated carbocycles. The van der Waals surface area contributed by atoms with Gasteiger partial charge < -0.3 is 145 Å². The number of aliphatic hydroxyl groups excluding tert-OH is 6. The molecule has 15 rings (SSSR count). The molecule has 34 nitrogen and oxygen atoms in total. The van der Waals surface area contributed by atoms with Crippen LogP contribution in [0.25, 0.3) is 0 Å². The molecule has 34 heteroatoms. The van der Waals surface area contributed by atoms with Crippen LogP contribution in [0.15, 0.2) is 48.5 Å². The normalized spacial score (nSPS) is 34.1. The van der Waals surface area contributed by atoms with Gasteiger partial charge in [0.1, 0.15) is 54.9 Å². The lowest BCUT2D eigenvalue weighted by atomic mass is 9.66. The standard InChI is InChI=1S/C36H43NO16.C33H39NO16/c1-15-44-13-25-32(49-15)28(38)29(39)34(50-25)51-30-19-9-22-21(46-14-47-22)8-18(19)26(27-20(30)12-45-33(27)40)16-6-23(42-4)31(24(7-16)43-5)52-35(41)37-10-17-11-48-36(2,3)53-17;1-13-43-11-23-30(47-13)26(37)27(38)32(48-23)49-28-17-7-20-19(45-12-46-20)6-16(17)24(25-18(28)10-44-31(25)39)14-4-21(41-2)29(22(5-14)42-3)50-33(40)34-8-15(36)9-35/h6-9,15,17,20,25-30,32,34,38-39H,10-14H2,1-5H3,(H,37,41);4-7,13,15,18,23-28,30,32,35-38H,8-12H2,1-3H3,(H,34,40)/t15?,17?,20?,25?,26-,27?,28?,29?,30?,32?,34?;13?,15?,18?,23?,24-,25?,26?,27?,28?,30?,32?/m11/s1. The number of hydrogen-bond donors (Lipinski definition) is 8. The molecule has 103 heavy (non-hydrogen) atoms. The van der Waals surface area contributed by atoms with Crippen molar-refractivity contribution in [3.8, 4) is 57.5 Å². The number of ether oxygens (including phenoxy) is 22. The molecule has 22 atom stereocenters. The van der Waals surface area contributed by atoms with Crippen LogP contribution < -0.4 is 58.0 Å². The van der Waals surface area contributed by atoms with Crippen LogP contribution in [0.3, 0.4) is 0 Å². The first kappa shape index (κ1) is 72.1. The zero-order valence-electron chi connectivity index (χ0n) is 57.2. The average Bonchev–Trinajstić information content (AvgIpc) is 1.67. The first-order chi connectivity index (χ1) is 49.5. The van der Waals surface area contributed by atoms with Crippen molar-refractivity contribution in [2.24, 2.45) is 23.7 Å². The first-order valence-electron chi connectivity index (χ1n) is 33.7. The van der Waals surface area contributed by atoms with Crippen molar-refractivity contribution in [2.45, 2.75) is 144 Å². The van der Waals surface area contributed by atoms with Gasteiger partial charge in [0.25, 0.3) is 0 Å². The van der Waals surface area contributed by atoms with Gasteiger partial charge in [0.15, 0.2) is 76.9 Å². The molecule has 4 aromatic carbocycles. The Balaban J connectivity index is 0.000000175. The summed E-state index contributed by atoms with van der Waals surface area (Å²) in [6, 6.07) is 13.7. The van der Waals surface area contributed by atoms with Gasteiger partial charge in [-0.05, 0) is 110 Å². The zero-order chi connectivity index (χ0) is 72.4. The maximum absolute atomic E-state index is 13.7. The Kier molecular flexibility index (Phi) is 20.7. The topological polar surface area (TPSA) is 417 Å². The third kappa shape index (κ3) is 14.0. The highest BCUT2D eigenvalue weighted by Crippen LogP contribution is 2.60. The fraction of sp³-hybridized carbons (Fsp3) is 0.594. The highest BCUT2D eigenvalue weighted by molar-refractivity contribution is 5.81. The van der Waals surface area contributed by atoms with E-state index in [1.807, 2.05) is 0 Å². The van der Waals surface area contributed by atoms with E-state index in [2.05, 4.69) is 10.6 Å². The number of hydrogen-bond acceptors (Lipinski definition) is 32. The van der Waals surface area contributed by atoms with E-state index >= 15 is 0 Å². The molecule has 7 fully saturated rings. The van der Waals surface area contributed by atoms with Crippen LogP contribution in [0.5, 0.6) is 57.5 Å². The van der Waals surface area contributed by atoms with Gasteiger partial charge in [0.2, 0.25) is 25.1 Å². The van der Waals surface area contributed by atoms with Crippen molar-refractivity contribution in [3.63, 3.8) is 0 Å². The molecule has 0 spiro atoms. The second-order valence-corrected chi connectivity index (χ2v) is 26.8. The Bertz CT molecular complexity index is 3770. The van der Waals surface area contributed by atoms with Crippen molar-refractivity contribution in [1.82, 2.24) is 10.6 Å². The van der Waals surface area contributed by atoms with Gasteiger partial charge in [-0.3, -0.25) is 9.59 Å². The summed E-state index contributed by atoms with van der Waals surface area (Å²) in [5.41, 5.74) is 3.65. The van der Waals surface area contributed by atoms with E-state index in [1.165, 1.54) is 28.4 Å². The van der Waals surface area contributed by atoms with Crippen molar-refractivity contribution < 1.29 is 154 Å². The van der Waals surface area contributed by atoms with Crippen LogP contribution in [-0.4, -0.2) is 242 Å². The van der Waals surface area contributed by atoms with Crippen molar-refractivity contribution >= 4 is 24.1 Å². The smallest absolute Gasteiger partial charge is 0.412 e. The fourth-order valence-electron chi connectivity index (χ4n) is 15.2. The molecule has 7 saturated heterocycles. The molecule has 560 valence electrons. The summed E-state index contributed by atoms with van der Waals surface area (Å²) in [6.07, 6.45) is -17.4. The van der Waals surface area contributed by atoms with E-state index in [-0.39, 0.29) is 93.7 Å². The SMILES string of the molecule is COc1cc([C@@H]2c3cc4c(cc3C(OC3OC5COC(C)OC5C(O)C3O)C3COC(=O)C32)OCO4)cc(OC)c1OC(=O)NCC(O)CO.COc1cc([C@@H]2c3cc4c(cc3C(OC3OC5COC(C)OC5C(O)C3O)C3COC(=O)C32)OCO4)cc(OC)c1OC(=O)NCC1COC(C)(C)O1. The lowest BCUT2D eigenvalue weighted by Gasteiger charge is -2.47. The van der Waals surface area contributed by atoms with Gasteiger partial charge in [-0.25, -0.2) is 9.59 Å². The number of benzene rings is 4. The summed E-state index contributed by atoms with van der Waals surface area (Å²) in [6.45, 7) is 6.81. The number of rotatable bonds is 17. The lowest BCUT2D eigenvalue weighted by Crippen LogP contribution is -2.63. The fourth-order valence-corrected chi connectivity index (χ4v) is 15.2. The highest BCUT2D eigenvalue weighted by atomic mass is 16.8. The molecule has 20 unspecified atom stereocenters. The number of cyclic esters (lactones) is 2. The van der Waals surface area contributed by atoms with E-state index in [1.54, 1.807) is 76.2 Å². The first-order valence-corrected chi connectivity index (χ1v) is 33.7. The Hall–Kier alpha value is -7.88.